The lowest BCUT2D eigenvalue weighted by Gasteiger charge is -2.09. The van der Waals surface area contributed by atoms with Crippen molar-refractivity contribution in [3.63, 3.8) is 0 Å². The molecule has 0 saturated carbocycles. The number of nitrogens with one attached hydrogen (secondary N) is 1. The molecule has 2 heterocycles. The zero-order valence-electron chi connectivity index (χ0n) is 11.6. The van der Waals surface area contributed by atoms with Gasteiger partial charge in [0.05, 0.1) is 16.8 Å². The first-order valence-corrected chi connectivity index (χ1v) is 6.84. The number of halogens is 1. The Morgan fingerprint density at radius 2 is 2.05 bits per heavy atom. The van der Waals surface area contributed by atoms with E-state index in [1.54, 1.807) is 37.3 Å². The number of carbonyl (C=O) groups is 1. The predicted molar refractivity (Wildman–Crippen MR) is 81.7 cm³/mol. The van der Waals surface area contributed by atoms with Gasteiger partial charge < -0.3 is 9.84 Å². The summed E-state index contributed by atoms with van der Waals surface area (Å²) >= 11 is 5.93. The third-order valence-electron chi connectivity index (χ3n) is 2.94. The highest BCUT2D eigenvalue weighted by Gasteiger charge is 2.16. The van der Waals surface area contributed by atoms with Crippen LogP contribution in [-0.2, 0) is 0 Å². The molecule has 0 spiro atoms. The Bertz CT molecular complexity index is 832. The molecule has 0 aliphatic carbocycles. The molecule has 3 rings (SSSR count). The number of hydrogen-bond donors (Lipinski definition) is 1. The smallest absolute Gasteiger partial charge is 0.260 e. The maximum absolute atomic E-state index is 12.3. The van der Waals surface area contributed by atoms with Crippen molar-refractivity contribution in [2.75, 3.05) is 5.32 Å². The number of aromatic nitrogens is 3. The van der Waals surface area contributed by atoms with Crippen molar-refractivity contribution in [1.29, 1.82) is 0 Å². The molecule has 110 valence electrons. The summed E-state index contributed by atoms with van der Waals surface area (Å²) in [6.07, 6.45) is 1.52. The molecule has 3 aromatic rings. The zero-order valence-corrected chi connectivity index (χ0v) is 12.3. The van der Waals surface area contributed by atoms with Gasteiger partial charge in [-0.15, -0.1) is 0 Å². The fourth-order valence-electron chi connectivity index (χ4n) is 1.93. The summed E-state index contributed by atoms with van der Waals surface area (Å²) in [6, 6.07) is 10.4. The Labute approximate surface area is 131 Å². The van der Waals surface area contributed by atoms with Crippen LogP contribution in [0.3, 0.4) is 0 Å². The number of para-hydroxylation sites is 1. The van der Waals surface area contributed by atoms with E-state index in [4.69, 9.17) is 16.1 Å². The van der Waals surface area contributed by atoms with Crippen molar-refractivity contribution in [2.45, 2.75) is 6.92 Å². The normalized spacial score (nSPS) is 10.5. The third kappa shape index (κ3) is 2.82. The molecule has 0 fully saturated rings. The molecule has 1 N–H and O–H groups in total. The molecule has 22 heavy (non-hydrogen) atoms. The van der Waals surface area contributed by atoms with Gasteiger partial charge in [-0.05, 0) is 31.2 Å². The van der Waals surface area contributed by atoms with Gasteiger partial charge >= 0.3 is 0 Å². The molecule has 0 aliphatic heterocycles. The fourth-order valence-corrected chi connectivity index (χ4v) is 2.14. The highest BCUT2D eigenvalue weighted by molar-refractivity contribution is 6.33. The summed E-state index contributed by atoms with van der Waals surface area (Å²) < 4.78 is 5.15. The number of nitrogens with zero attached hydrogens (tertiary/aromatic N) is 3. The van der Waals surface area contributed by atoms with Crippen LogP contribution >= 0.6 is 11.6 Å². The van der Waals surface area contributed by atoms with E-state index < -0.39 is 0 Å². The summed E-state index contributed by atoms with van der Waals surface area (Å²) in [5.41, 5.74) is 1.48. The lowest BCUT2D eigenvalue weighted by atomic mass is 10.1. The second-order valence-electron chi connectivity index (χ2n) is 4.49. The van der Waals surface area contributed by atoms with Crippen molar-refractivity contribution in [1.82, 2.24) is 15.1 Å². The number of aryl methyl sites for hydroxylation is 1. The quantitative estimate of drug-likeness (QED) is 0.750. The molecule has 0 bridgehead atoms. The summed E-state index contributed by atoms with van der Waals surface area (Å²) in [4.78, 5) is 20.4. The number of amides is 1. The lowest BCUT2D eigenvalue weighted by Crippen LogP contribution is -2.13. The predicted octanol–water partition coefficient (Wildman–Crippen LogP) is 3.35. The van der Waals surface area contributed by atoms with Crippen molar-refractivity contribution < 1.29 is 9.32 Å². The Morgan fingerprint density at radius 1 is 1.23 bits per heavy atom. The Morgan fingerprint density at radius 3 is 2.77 bits per heavy atom. The number of hydrogen-bond acceptors (Lipinski definition) is 5. The van der Waals surface area contributed by atoms with Gasteiger partial charge in [-0.2, -0.15) is 4.98 Å². The summed E-state index contributed by atoms with van der Waals surface area (Å²) in [5.74, 6) is 0.499. The number of benzene rings is 1. The minimum Gasteiger partial charge on any atom is -0.334 e. The van der Waals surface area contributed by atoms with Crippen LogP contribution in [0.15, 0.2) is 47.1 Å². The average Bonchev–Trinajstić information content (AvgIpc) is 2.94. The molecule has 0 aliphatic rings. The maximum Gasteiger partial charge on any atom is 0.260 e. The van der Waals surface area contributed by atoms with Gasteiger partial charge in [-0.1, -0.05) is 28.9 Å². The fraction of sp³-hybridized carbons (Fsp3) is 0.0667. The van der Waals surface area contributed by atoms with Crippen molar-refractivity contribution in [3.8, 4) is 11.5 Å². The van der Waals surface area contributed by atoms with Gasteiger partial charge in [0.1, 0.15) is 5.15 Å². The molecule has 7 heteroatoms. The SMILES string of the molecule is Cc1noc(-c2ccccc2NC(=O)c2cccnc2Cl)n1. The van der Waals surface area contributed by atoms with Crippen LogP contribution in [0.25, 0.3) is 11.5 Å². The van der Waals surface area contributed by atoms with Crippen LogP contribution < -0.4 is 5.32 Å². The third-order valence-corrected chi connectivity index (χ3v) is 3.24. The molecule has 1 aromatic carbocycles. The molecule has 0 radical (unpaired) electrons. The summed E-state index contributed by atoms with van der Waals surface area (Å²) in [7, 11) is 0. The van der Waals surface area contributed by atoms with Crippen LogP contribution in [0.2, 0.25) is 5.15 Å². The number of rotatable bonds is 3. The molecule has 1 amide bonds. The first kappa shape index (κ1) is 14.2. The average molecular weight is 315 g/mol. The van der Waals surface area contributed by atoms with Crippen molar-refractivity contribution in [3.05, 3.63) is 59.1 Å². The summed E-state index contributed by atoms with van der Waals surface area (Å²) in [5, 5.41) is 6.68. The second kappa shape index (κ2) is 5.95. The standard InChI is InChI=1S/C15H11ClN4O2/c1-9-18-15(22-20-9)10-5-2-3-7-12(10)19-14(21)11-6-4-8-17-13(11)16/h2-8H,1H3,(H,19,21). The van der Waals surface area contributed by atoms with Crippen LogP contribution in [0.4, 0.5) is 5.69 Å². The van der Waals surface area contributed by atoms with E-state index in [2.05, 4.69) is 20.4 Å². The van der Waals surface area contributed by atoms with Gasteiger partial charge in [0.2, 0.25) is 0 Å². The van der Waals surface area contributed by atoms with Crippen LogP contribution in [0.1, 0.15) is 16.2 Å². The van der Waals surface area contributed by atoms with Crippen molar-refractivity contribution >= 4 is 23.2 Å². The van der Waals surface area contributed by atoms with E-state index in [0.29, 0.717) is 28.5 Å². The van der Waals surface area contributed by atoms with Gasteiger partial charge in [0.25, 0.3) is 11.8 Å². The monoisotopic (exact) mass is 314 g/mol. The highest BCUT2D eigenvalue weighted by atomic mass is 35.5. The molecular formula is C15H11ClN4O2. The molecular weight excluding hydrogens is 304 g/mol. The van der Waals surface area contributed by atoms with E-state index in [0.717, 1.165) is 0 Å². The van der Waals surface area contributed by atoms with E-state index in [9.17, 15) is 4.79 Å². The van der Waals surface area contributed by atoms with E-state index in [1.165, 1.54) is 6.20 Å². The Kier molecular flexibility index (Phi) is 3.84. The Balaban J connectivity index is 1.93. The first-order valence-electron chi connectivity index (χ1n) is 6.47. The Hall–Kier alpha value is -2.73. The molecule has 0 atom stereocenters. The van der Waals surface area contributed by atoms with Gasteiger partial charge in [-0.3, -0.25) is 4.79 Å². The van der Waals surface area contributed by atoms with Gasteiger partial charge in [-0.25, -0.2) is 4.98 Å². The zero-order chi connectivity index (χ0) is 15.5. The molecule has 0 unspecified atom stereocenters. The lowest BCUT2D eigenvalue weighted by molar-refractivity contribution is 0.102. The number of pyridine rings is 1. The van der Waals surface area contributed by atoms with Crippen LogP contribution in [0, 0.1) is 6.92 Å². The van der Waals surface area contributed by atoms with Crippen LogP contribution in [-0.4, -0.2) is 21.0 Å². The largest absolute Gasteiger partial charge is 0.334 e. The van der Waals surface area contributed by atoms with Crippen LogP contribution in [0.5, 0.6) is 0 Å². The summed E-state index contributed by atoms with van der Waals surface area (Å²) in [6.45, 7) is 1.73. The molecule has 2 aromatic heterocycles. The highest BCUT2D eigenvalue weighted by Crippen LogP contribution is 2.27. The second-order valence-corrected chi connectivity index (χ2v) is 4.85. The number of carbonyl (C=O) groups excluding carboxylic acids is 1. The maximum atomic E-state index is 12.3. The minimum atomic E-state index is -0.359. The molecule has 0 saturated heterocycles. The van der Waals surface area contributed by atoms with Gasteiger partial charge in [0, 0.05) is 6.20 Å². The topological polar surface area (TPSA) is 80.9 Å². The van der Waals surface area contributed by atoms with E-state index in [-0.39, 0.29) is 11.1 Å². The van der Waals surface area contributed by atoms with Gasteiger partial charge in [0.15, 0.2) is 5.82 Å². The first-order chi connectivity index (χ1) is 10.6. The molecule has 6 nitrogen and oxygen atoms in total. The van der Waals surface area contributed by atoms with E-state index >= 15 is 0 Å². The van der Waals surface area contributed by atoms with Crippen molar-refractivity contribution in [2.24, 2.45) is 0 Å². The minimum absolute atomic E-state index is 0.145. The van der Waals surface area contributed by atoms with E-state index in [1.807, 2.05) is 6.07 Å². The number of anilines is 1.